The van der Waals surface area contributed by atoms with Gasteiger partial charge in [0.15, 0.2) is 0 Å². The van der Waals surface area contributed by atoms with Crippen LogP contribution in [0.25, 0.3) is 0 Å². The van der Waals surface area contributed by atoms with Gasteiger partial charge in [-0.05, 0) is 19.9 Å². The summed E-state index contributed by atoms with van der Waals surface area (Å²) in [6.07, 6.45) is 1.35. The Morgan fingerprint density at radius 3 is 3.00 bits per heavy atom. The summed E-state index contributed by atoms with van der Waals surface area (Å²) < 4.78 is 4.82. The molecule has 0 aliphatic carbocycles. The van der Waals surface area contributed by atoms with E-state index < -0.39 is 0 Å². The number of hydrogen-bond donors (Lipinski definition) is 2. The smallest absolute Gasteiger partial charge is 0.307 e. The van der Waals surface area contributed by atoms with Crippen molar-refractivity contribution >= 4 is 5.97 Å². The maximum Gasteiger partial charge on any atom is 0.307 e. The van der Waals surface area contributed by atoms with Crippen molar-refractivity contribution in [3.63, 3.8) is 0 Å². The highest BCUT2D eigenvalue weighted by atomic mass is 16.5. The van der Waals surface area contributed by atoms with Crippen molar-refractivity contribution in [1.82, 2.24) is 5.32 Å². The van der Waals surface area contributed by atoms with Crippen molar-refractivity contribution in [2.45, 2.75) is 31.8 Å². The molecule has 0 unspecified atom stereocenters. The van der Waals surface area contributed by atoms with Crippen LogP contribution in [0.4, 0.5) is 0 Å². The summed E-state index contributed by atoms with van der Waals surface area (Å²) in [7, 11) is 0. The Kier molecular flexibility index (Phi) is 3.49. The van der Waals surface area contributed by atoms with Gasteiger partial charge in [-0.3, -0.25) is 4.79 Å². The molecule has 1 fully saturated rings. The van der Waals surface area contributed by atoms with Gasteiger partial charge in [0.2, 0.25) is 0 Å². The SMILES string of the molecule is CCOC(=O)C[C@@H]1NCC[C@H]1N. The zero-order chi connectivity index (χ0) is 8.97. The van der Waals surface area contributed by atoms with Crippen LogP contribution in [0, 0.1) is 0 Å². The molecule has 0 bridgehead atoms. The third-order valence-corrected chi connectivity index (χ3v) is 2.09. The van der Waals surface area contributed by atoms with Crippen LogP contribution in [0.3, 0.4) is 0 Å². The lowest BCUT2D eigenvalue weighted by atomic mass is 10.1. The van der Waals surface area contributed by atoms with Gasteiger partial charge in [0.05, 0.1) is 13.0 Å². The van der Waals surface area contributed by atoms with Crippen LogP contribution in [0.5, 0.6) is 0 Å². The molecular weight excluding hydrogens is 156 g/mol. The monoisotopic (exact) mass is 172 g/mol. The van der Waals surface area contributed by atoms with E-state index >= 15 is 0 Å². The van der Waals surface area contributed by atoms with Gasteiger partial charge in [-0.15, -0.1) is 0 Å². The van der Waals surface area contributed by atoms with Gasteiger partial charge < -0.3 is 15.8 Å². The van der Waals surface area contributed by atoms with Crippen molar-refractivity contribution in [3.05, 3.63) is 0 Å². The molecule has 70 valence electrons. The van der Waals surface area contributed by atoms with E-state index in [2.05, 4.69) is 5.32 Å². The maximum absolute atomic E-state index is 11.0. The molecule has 1 saturated heterocycles. The minimum absolute atomic E-state index is 0.106. The number of rotatable bonds is 3. The number of nitrogens with two attached hydrogens (primary N) is 1. The highest BCUT2D eigenvalue weighted by Gasteiger charge is 2.25. The molecule has 12 heavy (non-hydrogen) atoms. The summed E-state index contributed by atoms with van der Waals surface area (Å²) in [6, 6.07) is 0.221. The summed E-state index contributed by atoms with van der Waals surface area (Å²) in [5.74, 6) is -0.160. The molecule has 1 aliphatic rings. The van der Waals surface area contributed by atoms with E-state index in [1.54, 1.807) is 6.92 Å². The van der Waals surface area contributed by atoms with Crippen molar-refractivity contribution in [1.29, 1.82) is 0 Å². The minimum atomic E-state index is -0.160. The largest absolute Gasteiger partial charge is 0.466 e. The molecule has 0 saturated carbocycles. The zero-order valence-electron chi connectivity index (χ0n) is 7.38. The van der Waals surface area contributed by atoms with Gasteiger partial charge in [-0.2, -0.15) is 0 Å². The molecule has 1 aliphatic heterocycles. The molecule has 1 rings (SSSR count). The van der Waals surface area contributed by atoms with E-state index in [0.29, 0.717) is 13.0 Å². The molecule has 4 heteroatoms. The van der Waals surface area contributed by atoms with Crippen molar-refractivity contribution in [2.24, 2.45) is 5.73 Å². The standard InChI is InChI=1S/C8H16N2O2/c1-2-12-8(11)5-7-6(9)3-4-10-7/h6-7,10H,2-5,9H2,1H3/t6-,7+/m1/s1. The second-order valence-corrected chi connectivity index (χ2v) is 3.02. The third kappa shape index (κ3) is 2.46. The van der Waals surface area contributed by atoms with Gasteiger partial charge in [0.25, 0.3) is 0 Å². The van der Waals surface area contributed by atoms with Crippen molar-refractivity contribution < 1.29 is 9.53 Å². The molecule has 0 radical (unpaired) electrons. The molecule has 0 aromatic carbocycles. The fraction of sp³-hybridized carbons (Fsp3) is 0.875. The lowest BCUT2D eigenvalue weighted by molar-refractivity contribution is -0.143. The van der Waals surface area contributed by atoms with Gasteiger partial charge in [-0.25, -0.2) is 0 Å². The first-order valence-corrected chi connectivity index (χ1v) is 4.38. The van der Waals surface area contributed by atoms with E-state index in [-0.39, 0.29) is 18.1 Å². The first kappa shape index (κ1) is 9.48. The van der Waals surface area contributed by atoms with Crippen molar-refractivity contribution in [3.8, 4) is 0 Å². The summed E-state index contributed by atoms with van der Waals surface area (Å²) in [4.78, 5) is 11.0. The summed E-state index contributed by atoms with van der Waals surface area (Å²) >= 11 is 0. The second kappa shape index (κ2) is 4.42. The Morgan fingerprint density at radius 2 is 2.50 bits per heavy atom. The van der Waals surface area contributed by atoms with E-state index in [0.717, 1.165) is 13.0 Å². The Labute approximate surface area is 72.5 Å². The molecule has 3 N–H and O–H groups in total. The molecule has 0 aromatic rings. The van der Waals surface area contributed by atoms with E-state index in [1.165, 1.54) is 0 Å². The van der Waals surface area contributed by atoms with E-state index in [1.807, 2.05) is 0 Å². The quantitative estimate of drug-likeness (QED) is 0.570. The second-order valence-electron chi connectivity index (χ2n) is 3.02. The molecule has 4 nitrogen and oxygen atoms in total. The predicted molar refractivity (Wildman–Crippen MR) is 45.6 cm³/mol. The first-order chi connectivity index (χ1) is 5.74. The number of carbonyl (C=O) groups excluding carboxylic acids is 1. The van der Waals surface area contributed by atoms with Crippen molar-refractivity contribution in [2.75, 3.05) is 13.2 Å². The molecule has 2 atom stereocenters. The van der Waals surface area contributed by atoms with Crippen LogP contribution in [-0.2, 0) is 9.53 Å². The summed E-state index contributed by atoms with van der Waals surface area (Å²) in [6.45, 7) is 3.16. The highest BCUT2D eigenvalue weighted by molar-refractivity contribution is 5.70. The maximum atomic E-state index is 11.0. The topological polar surface area (TPSA) is 64.3 Å². The van der Waals surface area contributed by atoms with E-state index in [9.17, 15) is 4.79 Å². The first-order valence-electron chi connectivity index (χ1n) is 4.38. The lowest BCUT2D eigenvalue weighted by Gasteiger charge is -2.13. The molecule has 0 aromatic heterocycles. The van der Waals surface area contributed by atoms with Crippen LogP contribution >= 0.6 is 0 Å². The summed E-state index contributed by atoms with van der Waals surface area (Å²) in [5, 5.41) is 3.17. The third-order valence-electron chi connectivity index (χ3n) is 2.09. The van der Waals surface area contributed by atoms with Gasteiger partial charge in [-0.1, -0.05) is 0 Å². The Hall–Kier alpha value is -0.610. The molecule has 1 heterocycles. The molecule has 0 amide bonds. The van der Waals surface area contributed by atoms with Gasteiger partial charge >= 0.3 is 5.97 Å². The number of hydrogen-bond acceptors (Lipinski definition) is 4. The molecule has 0 spiro atoms. The Balaban J connectivity index is 2.25. The number of carbonyl (C=O) groups is 1. The molecular formula is C8H16N2O2. The normalized spacial score (nSPS) is 28.8. The summed E-state index contributed by atoms with van der Waals surface area (Å²) in [5.41, 5.74) is 5.75. The Morgan fingerprint density at radius 1 is 1.75 bits per heavy atom. The van der Waals surface area contributed by atoms with Crippen LogP contribution in [0.15, 0.2) is 0 Å². The van der Waals surface area contributed by atoms with Crippen LogP contribution in [0.2, 0.25) is 0 Å². The minimum Gasteiger partial charge on any atom is -0.466 e. The average molecular weight is 172 g/mol. The van der Waals surface area contributed by atoms with Gasteiger partial charge in [0.1, 0.15) is 0 Å². The number of ether oxygens (including phenoxy) is 1. The van der Waals surface area contributed by atoms with E-state index in [4.69, 9.17) is 10.5 Å². The average Bonchev–Trinajstić information content (AvgIpc) is 2.37. The fourth-order valence-corrected chi connectivity index (χ4v) is 1.41. The fourth-order valence-electron chi connectivity index (χ4n) is 1.41. The zero-order valence-corrected chi connectivity index (χ0v) is 7.38. The van der Waals surface area contributed by atoms with Crippen LogP contribution < -0.4 is 11.1 Å². The lowest BCUT2D eigenvalue weighted by Crippen LogP contribution is -2.38. The van der Waals surface area contributed by atoms with Crippen LogP contribution in [0.1, 0.15) is 19.8 Å². The highest BCUT2D eigenvalue weighted by Crippen LogP contribution is 2.08. The number of esters is 1. The Bertz CT molecular complexity index is 161. The number of nitrogens with one attached hydrogen (secondary N) is 1. The van der Waals surface area contributed by atoms with Gasteiger partial charge in [0, 0.05) is 12.1 Å². The van der Waals surface area contributed by atoms with Crippen LogP contribution in [-0.4, -0.2) is 31.2 Å². The predicted octanol–water partition coefficient (Wildman–Crippen LogP) is -0.371.